The van der Waals surface area contributed by atoms with Crippen LogP contribution in [0.4, 0.5) is 4.39 Å². The van der Waals surface area contributed by atoms with E-state index in [2.05, 4.69) is 10.1 Å². The molecule has 2 heterocycles. The smallest absolute Gasteiger partial charge is 0.267 e. The lowest BCUT2D eigenvalue weighted by Crippen LogP contribution is -2.20. The normalized spacial score (nSPS) is 10.7. The van der Waals surface area contributed by atoms with Gasteiger partial charge in [0.05, 0.1) is 11.4 Å². The number of hydrogen-bond donors (Lipinski definition) is 0. The number of halogens is 1. The molecular weight excluding hydrogens is 329 g/mol. The van der Waals surface area contributed by atoms with Crippen molar-refractivity contribution >= 4 is 0 Å². The average molecular weight is 343 g/mol. The van der Waals surface area contributed by atoms with Gasteiger partial charge in [-0.05, 0) is 41.5 Å². The molecule has 4 aromatic rings. The third-order valence-corrected chi connectivity index (χ3v) is 4.07. The fraction of sp³-hybridized carbons (Fsp3) is 0. The van der Waals surface area contributed by atoms with E-state index in [0.29, 0.717) is 11.4 Å². The molecule has 0 saturated heterocycles. The predicted octanol–water partition coefficient (Wildman–Crippen LogP) is 4.10. The molecule has 126 valence electrons. The molecule has 0 bridgehead atoms. The van der Waals surface area contributed by atoms with Gasteiger partial charge in [-0.25, -0.2) is 4.39 Å². The van der Waals surface area contributed by atoms with E-state index >= 15 is 0 Å². The number of pyridine rings is 1. The first-order valence-corrected chi connectivity index (χ1v) is 8.08. The quantitative estimate of drug-likeness (QED) is 0.563. The van der Waals surface area contributed by atoms with Crippen LogP contribution in [-0.4, -0.2) is 14.8 Å². The molecule has 0 atom stereocenters. The molecule has 5 heteroatoms. The monoisotopic (exact) mass is 343 g/mol. The fourth-order valence-electron chi connectivity index (χ4n) is 2.71. The van der Waals surface area contributed by atoms with Gasteiger partial charge in [-0.3, -0.25) is 9.78 Å². The highest BCUT2D eigenvalue weighted by molar-refractivity contribution is 5.68. The van der Waals surface area contributed by atoms with Gasteiger partial charge in [-0.15, -0.1) is 0 Å². The molecule has 2 aromatic carbocycles. The van der Waals surface area contributed by atoms with E-state index in [1.807, 2.05) is 24.3 Å². The lowest BCUT2D eigenvalue weighted by Gasteiger charge is -2.08. The minimum Gasteiger partial charge on any atom is -0.267 e. The summed E-state index contributed by atoms with van der Waals surface area (Å²) in [4.78, 5) is 16.1. The van der Waals surface area contributed by atoms with Crippen molar-refractivity contribution in [2.24, 2.45) is 0 Å². The maximum Gasteiger partial charge on any atom is 0.271 e. The number of benzene rings is 2. The minimum absolute atomic E-state index is 0.206. The highest BCUT2D eigenvalue weighted by Crippen LogP contribution is 2.23. The van der Waals surface area contributed by atoms with E-state index in [1.54, 1.807) is 42.7 Å². The molecule has 0 amide bonds. The summed E-state index contributed by atoms with van der Waals surface area (Å²) in [6.07, 6.45) is 3.24. The Bertz CT molecular complexity index is 1090. The predicted molar refractivity (Wildman–Crippen MR) is 98.5 cm³/mol. The molecule has 4 rings (SSSR count). The van der Waals surface area contributed by atoms with Crippen LogP contribution < -0.4 is 5.56 Å². The summed E-state index contributed by atoms with van der Waals surface area (Å²) in [7, 11) is 0. The minimum atomic E-state index is -0.257. The van der Waals surface area contributed by atoms with Gasteiger partial charge in [0, 0.05) is 24.0 Å². The van der Waals surface area contributed by atoms with Crippen molar-refractivity contribution in [1.82, 2.24) is 14.8 Å². The fourth-order valence-corrected chi connectivity index (χ4v) is 2.71. The SMILES string of the molecule is O=c1ccc(-c2ccc(-c3ccc(F)cc3)cc2)nn1-c1ccncc1. The molecule has 0 aliphatic rings. The molecule has 0 radical (unpaired) electrons. The molecule has 4 nitrogen and oxygen atoms in total. The van der Waals surface area contributed by atoms with Crippen molar-refractivity contribution in [3.8, 4) is 28.1 Å². The van der Waals surface area contributed by atoms with E-state index < -0.39 is 0 Å². The van der Waals surface area contributed by atoms with Crippen molar-refractivity contribution in [2.45, 2.75) is 0 Å². The van der Waals surface area contributed by atoms with Crippen molar-refractivity contribution in [3.63, 3.8) is 0 Å². The molecule has 0 aliphatic carbocycles. The molecule has 26 heavy (non-hydrogen) atoms. The van der Waals surface area contributed by atoms with Crippen molar-refractivity contribution < 1.29 is 4.39 Å². The Hall–Kier alpha value is -3.60. The Morgan fingerprint density at radius 1 is 0.692 bits per heavy atom. The van der Waals surface area contributed by atoms with Gasteiger partial charge < -0.3 is 0 Å². The Balaban J connectivity index is 1.70. The lowest BCUT2D eigenvalue weighted by molar-refractivity contribution is 0.628. The van der Waals surface area contributed by atoms with Crippen LogP contribution in [0.5, 0.6) is 0 Å². The summed E-state index contributed by atoms with van der Waals surface area (Å²) in [5.74, 6) is -0.257. The summed E-state index contributed by atoms with van der Waals surface area (Å²) in [5, 5.41) is 4.45. The second kappa shape index (κ2) is 6.72. The second-order valence-electron chi connectivity index (χ2n) is 5.76. The number of hydrogen-bond acceptors (Lipinski definition) is 3. The van der Waals surface area contributed by atoms with Crippen LogP contribution in [0, 0.1) is 5.82 Å². The van der Waals surface area contributed by atoms with E-state index in [-0.39, 0.29) is 11.4 Å². The highest BCUT2D eigenvalue weighted by atomic mass is 19.1. The maximum atomic E-state index is 13.1. The first kappa shape index (κ1) is 15.9. The average Bonchev–Trinajstić information content (AvgIpc) is 2.70. The first-order valence-electron chi connectivity index (χ1n) is 8.08. The van der Waals surface area contributed by atoms with Gasteiger partial charge in [-0.2, -0.15) is 9.78 Å². The molecule has 2 aromatic heterocycles. The molecular formula is C21H14FN3O. The number of aromatic nitrogens is 3. The zero-order valence-electron chi connectivity index (χ0n) is 13.7. The van der Waals surface area contributed by atoms with Crippen LogP contribution in [-0.2, 0) is 0 Å². The molecule has 0 unspecified atom stereocenters. The van der Waals surface area contributed by atoms with Crippen LogP contribution in [0.25, 0.3) is 28.1 Å². The summed E-state index contributed by atoms with van der Waals surface area (Å²) in [6, 6.07) is 20.8. The zero-order valence-corrected chi connectivity index (χ0v) is 13.7. The third-order valence-electron chi connectivity index (χ3n) is 4.07. The number of nitrogens with zero attached hydrogens (tertiary/aromatic N) is 3. The van der Waals surface area contributed by atoms with Gasteiger partial charge in [0.1, 0.15) is 5.82 Å². The Morgan fingerprint density at radius 3 is 1.92 bits per heavy atom. The molecule has 0 N–H and O–H groups in total. The Morgan fingerprint density at radius 2 is 1.27 bits per heavy atom. The zero-order chi connectivity index (χ0) is 17.9. The van der Waals surface area contributed by atoms with E-state index in [4.69, 9.17) is 0 Å². The van der Waals surface area contributed by atoms with Gasteiger partial charge in [0.25, 0.3) is 5.56 Å². The van der Waals surface area contributed by atoms with Gasteiger partial charge in [-0.1, -0.05) is 36.4 Å². The number of rotatable bonds is 3. The molecule has 0 saturated carbocycles. The van der Waals surface area contributed by atoms with Crippen LogP contribution in [0.3, 0.4) is 0 Å². The van der Waals surface area contributed by atoms with E-state index in [1.165, 1.54) is 22.9 Å². The third kappa shape index (κ3) is 3.15. The van der Waals surface area contributed by atoms with Crippen LogP contribution in [0.2, 0.25) is 0 Å². The summed E-state index contributed by atoms with van der Waals surface area (Å²) in [5.41, 5.74) is 3.95. The van der Waals surface area contributed by atoms with Crippen LogP contribution in [0.15, 0.2) is 90.0 Å². The molecule has 0 fully saturated rings. The van der Waals surface area contributed by atoms with Crippen molar-refractivity contribution in [3.05, 3.63) is 101 Å². The lowest BCUT2D eigenvalue weighted by atomic mass is 10.0. The first-order chi connectivity index (χ1) is 12.7. The van der Waals surface area contributed by atoms with Crippen molar-refractivity contribution in [1.29, 1.82) is 0 Å². The van der Waals surface area contributed by atoms with E-state index in [0.717, 1.165) is 16.7 Å². The van der Waals surface area contributed by atoms with Crippen molar-refractivity contribution in [2.75, 3.05) is 0 Å². The maximum absolute atomic E-state index is 13.1. The summed E-state index contributed by atoms with van der Waals surface area (Å²) in [6.45, 7) is 0. The topological polar surface area (TPSA) is 47.8 Å². The second-order valence-corrected chi connectivity index (χ2v) is 5.76. The Kier molecular flexibility index (Phi) is 4.11. The van der Waals surface area contributed by atoms with Crippen LogP contribution in [0.1, 0.15) is 0 Å². The van der Waals surface area contributed by atoms with E-state index in [9.17, 15) is 9.18 Å². The molecule has 0 aliphatic heterocycles. The van der Waals surface area contributed by atoms with Gasteiger partial charge in [0.15, 0.2) is 0 Å². The highest BCUT2D eigenvalue weighted by Gasteiger charge is 2.06. The molecule has 0 spiro atoms. The van der Waals surface area contributed by atoms with Gasteiger partial charge in [0.2, 0.25) is 0 Å². The largest absolute Gasteiger partial charge is 0.271 e. The van der Waals surface area contributed by atoms with Gasteiger partial charge >= 0.3 is 0 Å². The summed E-state index contributed by atoms with van der Waals surface area (Å²) >= 11 is 0. The van der Waals surface area contributed by atoms with Crippen LogP contribution >= 0.6 is 0 Å². The standard InChI is InChI=1S/C21H14FN3O/c22-18-7-5-16(6-8-18)15-1-3-17(4-2-15)20-9-10-21(26)25(24-20)19-11-13-23-14-12-19/h1-14H. The summed E-state index contributed by atoms with van der Waals surface area (Å²) < 4.78 is 14.4. The Labute approximate surface area is 149 Å².